The molecule has 0 aliphatic carbocycles. The highest BCUT2D eigenvalue weighted by Gasteiger charge is 2.39. The normalized spacial score (nSPS) is 21.7. The summed E-state index contributed by atoms with van der Waals surface area (Å²) in [5, 5.41) is 2.72. The Balaban J connectivity index is 1.65. The van der Waals surface area contributed by atoms with Gasteiger partial charge in [0.05, 0.1) is 11.6 Å². The average molecular weight is 423 g/mol. The number of nitrogens with zero attached hydrogens (tertiary/aromatic N) is 3. The maximum absolute atomic E-state index is 13.2. The van der Waals surface area contributed by atoms with E-state index in [4.69, 9.17) is 0 Å². The van der Waals surface area contributed by atoms with Crippen LogP contribution in [0, 0.1) is 20.8 Å². The second-order valence-electron chi connectivity index (χ2n) is 7.95. The molecule has 9 heteroatoms. The van der Waals surface area contributed by atoms with Crippen molar-refractivity contribution in [3.8, 4) is 0 Å². The molecule has 1 aromatic carbocycles. The zero-order chi connectivity index (χ0) is 21.3. The van der Waals surface area contributed by atoms with Crippen molar-refractivity contribution in [3.63, 3.8) is 0 Å². The number of hydrogen-bond donors (Lipinski definition) is 1. The molecule has 2 heterocycles. The van der Waals surface area contributed by atoms with Gasteiger partial charge >= 0.3 is 6.03 Å². The third-order valence-electron chi connectivity index (χ3n) is 5.56. The van der Waals surface area contributed by atoms with Gasteiger partial charge in [-0.15, -0.1) is 0 Å². The second-order valence-corrected chi connectivity index (χ2v) is 9.82. The minimum absolute atomic E-state index is 0.196. The SMILES string of the molecule is CCC[C@H]1NC(=O)N(CN2CCN(S(=O)(=O)c3c(C)cc(C)cc3C)CC2)C1=O. The number of imide groups is 1. The molecule has 0 radical (unpaired) electrons. The van der Waals surface area contributed by atoms with Crippen molar-refractivity contribution in [1.29, 1.82) is 0 Å². The van der Waals surface area contributed by atoms with Crippen LogP contribution in [-0.4, -0.2) is 73.4 Å². The molecule has 1 atom stereocenters. The number of carbonyl (C=O) groups is 2. The highest BCUT2D eigenvalue weighted by Crippen LogP contribution is 2.26. The summed E-state index contributed by atoms with van der Waals surface area (Å²) in [7, 11) is -3.58. The Labute approximate surface area is 172 Å². The van der Waals surface area contributed by atoms with Crippen LogP contribution >= 0.6 is 0 Å². The molecule has 0 unspecified atom stereocenters. The lowest BCUT2D eigenvalue weighted by molar-refractivity contribution is -0.129. The number of aryl methyl sites for hydroxylation is 3. The summed E-state index contributed by atoms with van der Waals surface area (Å²) >= 11 is 0. The molecule has 0 spiro atoms. The van der Waals surface area contributed by atoms with Gasteiger partial charge in [0.25, 0.3) is 5.91 Å². The summed E-state index contributed by atoms with van der Waals surface area (Å²) < 4.78 is 27.9. The highest BCUT2D eigenvalue weighted by atomic mass is 32.2. The van der Waals surface area contributed by atoms with E-state index in [1.54, 1.807) is 0 Å². The van der Waals surface area contributed by atoms with Crippen LogP contribution in [0.25, 0.3) is 0 Å². The predicted molar refractivity (Wildman–Crippen MR) is 110 cm³/mol. The number of amides is 3. The predicted octanol–water partition coefficient (Wildman–Crippen LogP) is 1.60. The Bertz CT molecular complexity index is 884. The van der Waals surface area contributed by atoms with E-state index in [1.165, 1.54) is 9.21 Å². The first-order valence-electron chi connectivity index (χ1n) is 10.1. The summed E-state index contributed by atoms with van der Waals surface area (Å²) in [5.41, 5.74) is 2.55. The van der Waals surface area contributed by atoms with Gasteiger partial charge in [-0.3, -0.25) is 9.69 Å². The molecule has 1 aromatic rings. The summed E-state index contributed by atoms with van der Waals surface area (Å²) in [6.45, 7) is 9.38. The van der Waals surface area contributed by atoms with E-state index in [0.29, 0.717) is 37.5 Å². The number of benzene rings is 1. The fourth-order valence-electron chi connectivity index (χ4n) is 4.21. The molecule has 2 fully saturated rings. The number of carbonyl (C=O) groups excluding carboxylic acids is 2. The third kappa shape index (κ3) is 4.31. The van der Waals surface area contributed by atoms with E-state index in [2.05, 4.69) is 5.32 Å². The van der Waals surface area contributed by atoms with Crippen LogP contribution in [0.15, 0.2) is 17.0 Å². The fraction of sp³-hybridized carbons (Fsp3) is 0.600. The Kier molecular flexibility index (Phi) is 6.30. The maximum atomic E-state index is 13.2. The first-order chi connectivity index (χ1) is 13.6. The number of nitrogens with one attached hydrogen (secondary N) is 1. The highest BCUT2D eigenvalue weighted by molar-refractivity contribution is 7.89. The Morgan fingerprint density at radius 1 is 1.03 bits per heavy atom. The van der Waals surface area contributed by atoms with E-state index in [9.17, 15) is 18.0 Å². The summed E-state index contributed by atoms with van der Waals surface area (Å²) in [4.78, 5) is 28.1. The zero-order valence-electron chi connectivity index (χ0n) is 17.6. The number of piperazine rings is 1. The molecule has 160 valence electrons. The molecule has 1 N–H and O–H groups in total. The molecule has 2 aliphatic rings. The topological polar surface area (TPSA) is 90.0 Å². The molecule has 0 saturated carbocycles. The van der Waals surface area contributed by atoms with Gasteiger partial charge in [0.2, 0.25) is 10.0 Å². The third-order valence-corrected chi connectivity index (χ3v) is 7.76. The molecular weight excluding hydrogens is 392 g/mol. The molecular formula is C20H30N4O4S. The molecule has 0 bridgehead atoms. The van der Waals surface area contributed by atoms with Crippen molar-refractivity contribution in [1.82, 2.24) is 19.4 Å². The molecule has 3 amide bonds. The number of rotatable bonds is 6. The van der Waals surface area contributed by atoms with Gasteiger partial charge in [-0.1, -0.05) is 31.0 Å². The van der Waals surface area contributed by atoms with E-state index in [1.807, 2.05) is 44.7 Å². The standard InChI is InChI=1S/C20H30N4O4S/c1-5-6-17-19(25)24(20(26)21-17)13-22-7-9-23(10-8-22)29(27,28)18-15(3)11-14(2)12-16(18)4/h11-12,17H,5-10,13H2,1-4H3,(H,21,26)/t17-/m1/s1. The minimum atomic E-state index is -3.58. The van der Waals surface area contributed by atoms with Crippen molar-refractivity contribution in [2.24, 2.45) is 0 Å². The molecule has 0 aromatic heterocycles. The summed E-state index contributed by atoms with van der Waals surface area (Å²) in [6.07, 6.45) is 1.45. The summed E-state index contributed by atoms with van der Waals surface area (Å²) in [6, 6.07) is 2.97. The van der Waals surface area contributed by atoms with Crippen LogP contribution in [0.4, 0.5) is 4.79 Å². The Hall–Kier alpha value is -1.97. The lowest BCUT2D eigenvalue weighted by Crippen LogP contribution is -2.52. The van der Waals surface area contributed by atoms with Crippen LogP contribution in [0.3, 0.4) is 0 Å². The molecule has 3 rings (SSSR count). The molecule has 2 aliphatic heterocycles. The van der Waals surface area contributed by atoms with Crippen molar-refractivity contribution in [3.05, 3.63) is 28.8 Å². The quantitative estimate of drug-likeness (QED) is 0.704. The van der Waals surface area contributed by atoms with Crippen LogP contribution in [-0.2, 0) is 14.8 Å². The lowest BCUT2D eigenvalue weighted by Gasteiger charge is -2.35. The molecule has 29 heavy (non-hydrogen) atoms. The van der Waals surface area contributed by atoms with Crippen molar-refractivity contribution < 1.29 is 18.0 Å². The number of urea groups is 1. The van der Waals surface area contributed by atoms with E-state index in [0.717, 1.165) is 23.1 Å². The number of hydrogen-bond acceptors (Lipinski definition) is 5. The van der Waals surface area contributed by atoms with Crippen LogP contribution < -0.4 is 5.32 Å². The first kappa shape index (κ1) is 21.7. The van der Waals surface area contributed by atoms with Gasteiger partial charge in [-0.25, -0.2) is 18.1 Å². The molecule has 2 saturated heterocycles. The monoisotopic (exact) mass is 422 g/mol. The van der Waals surface area contributed by atoms with Gasteiger partial charge in [0.15, 0.2) is 0 Å². The van der Waals surface area contributed by atoms with Crippen LogP contribution in [0.2, 0.25) is 0 Å². The van der Waals surface area contributed by atoms with Gasteiger partial charge in [0.1, 0.15) is 6.04 Å². The van der Waals surface area contributed by atoms with Crippen LogP contribution in [0.1, 0.15) is 36.5 Å². The van der Waals surface area contributed by atoms with Crippen LogP contribution in [0.5, 0.6) is 0 Å². The van der Waals surface area contributed by atoms with E-state index in [-0.39, 0.29) is 18.6 Å². The first-order valence-corrected chi connectivity index (χ1v) is 11.5. The largest absolute Gasteiger partial charge is 0.326 e. The second kappa shape index (κ2) is 8.41. The fourth-order valence-corrected chi connectivity index (χ4v) is 6.04. The van der Waals surface area contributed by atoms with Gasteiger partial charge in [0, 0.05) is 26.2 Å². The zero-order valence-corrected chi connectivity index (χ0v) is 18.4. The Morgan fingerprint density at radius 2 is 1.62 bits per heavy atom. The van der Waals surface area contributed by atoms with E-state index < -0.39 is 16.1 Å². The average Bonchev–Trinajstić information content (AvgIpc) is 2.89. The number of sulfonamides is 1. The van der Waals surface area contributed by atoms with Crippen molar-refractivity contribution in [2.45, 2.75) is 51.5 Å². The van der Waals surface area contributed by atoms with E-state index >= 15 is 0 Å². The maximum Gasteiger partial charge on any atom is 0.325 e. The van der Waals surface area contributed by atoms with Gasteiger partial charge < -0.3 is 5.32 Å². The minimum Gasteiger partial charge on any atom is -0.326 e. The smallest absolute Gasteiger partial charge is 0.325 e. The van der Waals surface area contributed by atoms with Gasteiger partial charge in [-0.05, 0) is 38.3 Å². The lowest BCUT2D eigenvalue weighted by atomic mass is 10.1. The molecule has 8 nitrogen and oxygen atoms in total. The Morgan fingerprint density at radius 3 is 2.17 bits per heavy atom. The van der Waals surface area contributed by atoms with Crippen molar-refractivity contribution >= 4 is 22.0 Å². The summed E-state index contributed by atoms with van der Waals surface area (Å²) in [5.74, 6) is -0.196. The van der Waals surface area contributed by atoms with Crippen molar-refractivity contribution in [2.75, 3.05) is 32.8 Å². The van der Waals surface area contributed by atoms with Gasteiger partial charge in [-0.2, -0.15) is 4.31 Å².